The van der Waals surface area contributed by atoms with Gasteiger partial charge in [0.05, 0.1) is 0 Å². The number of urea groups is 1. The van der Waals surface area contributed by atoms with Gasteiger partial charge in [-0.25, -0.2) is 4.79 Å². The number of ether oxygens (including phenoxy) is 1. The molecule has 0 atom stereocenters. The van der Waals surface area contributed by atoms with Crippen LogP contribution in [0.4, 0.5) is 10.5 Å². The molecule has 0 aliphatic heterocycles. The van der Waals surface area contributed by atoms with E-state index in [9.17, 15) is 9.59 Å². The van der Waals surface area contributed by atoms with Gasteiger partial charge < -0.3 is 20.7 Å². The Labute approximate surface area is 153 Å². The van der Waals surface area contributed by atoms with Gasteiger partial charge in [-0.05, 0) is 56.2 Å². The first kappa shape index (κ1) is 19.3. The maximum Gasteiger partial charge on any atom is 0.319 e. The zero-order valence-corrected chi connectivity index (χ0v) is 15.3. The number of carbonyl (C=O) groups excluding carboxylic acids is 2. The topological polar surface area (TPSA) is 79.5 Å². The predicted octanol–water partition coefficient (Wildman–Crippen LogP) is 3.22. The normalized spacial score (nSPS) is 10.3. The number of carbonyl (C=O) groups is 2. The predicted molar refractivity (Wildman–Crippen MR) is 102 cm³/mol. The summed E-state index contributed by atoms with van der Waals surface area (Å²) in [7, 11) is 0. The highest BCUT2D eigenvalue weighted by Gasteiger charge is 2.05. The first-order chi connectivity index (χ1) is 12.4. The largest absolute Gasteiger partial charge is 0.484 e. The molecule has 138 valence electrons. The maximum absolute atomic E-state index is 11.9. The Bertz CT molecular complexity index is 742. The SMILES string of the molecule is Cc1cccc(OCC(=O)NCc2ccc(NC(=O)NC(C)C)cc2)c1. The molecule has 0 fully saturated rings. The second-order valence-corrected chi connectivity index (χ2v) is 6.33. The van der Waals surface area contributed by atoms with Crippen LogP contribution in [0.3, 0.4) is 0 Å². The van der Waals surface area contributed by atoms with E-state index in [1.165, 1.54) is 0 Å². The average molecular weight is 355 g/mol. The van der Waals surface area contributed by atoms with Crippen LogP contribution in [-0.4, -0.2) is 24.6 Å². The van der Waals surface area contributed by atoms with Crippen molar-refractivity contribution in [1.82, 2.24) is 10.6 Å². The zero-order valence-electron chi connectivity index (χ0n) is 15.3. The zero-order chi connectivity index (χ0) is 18.9. The summed E-state index contributed by atoms with van der Waals surface area (Å²) in [6, 6.07) is 14.7. The minimum absolute atomic E-state index is 0.0293. The third-order valence-electron chi connectivity index (χ3n) is 3.48. The molecule has 2 rings (SSSR count). The summed E-state index contributed by atoms with van der Waals surface area (Å²) >= 11 is 0. The Morgan fingerprint density at radius 1 is 1.08 bits per heavy atom. The van der Waals surface area contributed by atoms with Gasteiger partial charge in [-0.3, -0.25) is 4.79 Å². The minimum atomic E-state index is -0.241. The molecule has 0 aliphatic rings. The Morgan fingerprint density at radius 2 is 1.81 bits per heavy atom. The number of nitrogens with one attached hydrogen (secondary N) is 3. The van der Waals surface area contributed by atoms with E-state index in [-0.39, 0.29) is 24.6 Å². The Hall–Kier alpha value is -3.02. The molecule has 0 unspecified atom stereocenters. The third-order valence-corrected chi connectivity index (χ3v) is 3.48. The van der Waals surface area contributed by atoms with Crippen LogP contribution < -0.4 is 20.7 Å². The van der Waals surface area contributed by atoms with Crippen LogP contribution in [0, 0.1) is 6.92 Å². The van der Waals surface area contributed by atoms with Crippen molar-refractivity contribution in [3.63, 3.8) is 0 Å². The van der Waals surface area contributed by atoms with Crippen LogP contribution in [0.5, 0.6) is 5.75 Å². The fraction of sp³-hybridized carbons (Fsp3) is 0.300. The molecule has 2 aromatic carbocycles. The number of aryl methyl sites for hydroxylation is 1. The third kappa shape index (κ3) is 6.84. The highest BCUT2D eigenvalue weighted by Crippen LogP contribution is 2.12. The van der Waals surface area contributed by atoms with E-state index in [0.717, 1.165) is 11.1 Å². The number of benzene rings is 2. The molecular weight excluding hydrogens is 330 g/mol. The van der Waals surface area contributed by atoms with E-state index in [4.69, 9.17) is 4.74 Å². The lowest BCUT2D eigenvalue weighted by Crippen LogP contribution is -2.34. The fourth-order valence-electron chi connectivity index (χ4n) is 2.24. The summed E-state index contributed by atoms with van der Waals surface area (Å²) in [6.45, 7) is 6.13. The summed E-state index contributed by atoms with van der Waals surface area (Å²) in [5, 5.41) is 8.31. The van der Waals surface area contributed by atoms with Crippen molar-refractivity contribution < 1.29 is 14.3 Å². The standard InChI is InChI=1S/C20H25N3O3/c1-14(2)22-20(25)23-17-9-7-16(8-10-17)12-21-19(24)13-26-18-6-4-5-15(3)11-18/h4-11,14H,12-13H2,1-3H3,(H,21,24)(H2,22,23,25). The molecule has 3 amide bonds. The van der Waals surface area contributed by atoms with Gasteiger partial charge in [0.25, 0.3) is 5.91 Å². The van der Waals surface area contributed by atoms with Crippen LogP contribution in [0.25, 0.3) is 0 Å². The van der Waals surface area contributed by atoms with Gasteiger partial charge >= 0.3 is 6.03 Å². The van der Waals surface area contributed by atoms with E-state index in [1.807, 2.05) is 57.2 Å². The maximum atomic E-state index is 11.9. The Morgan fingerprint density at radius 3 is 2.46 bits per heavy atom. The molecule has 0 aliphatic carbocycles. The van der Waals surface area contributed by atoms with Crippen molar-refractivity contribution in [3.05, 3.63) is 59.7 Å². The molecule has 0 aromatic heterocycles. The van der Waals surface area contributed by atoms with Gasteiger partial charge in [-0.1, -0.05) is 24.3 Å². The van der Waals surface area contributed by atoms with Crippen molar-refractivity contribution in [2.75, 3.05) is 11.9 Å². The number of hydrogen-bond donors (Lipinski definition) is 3. The summed E-state index contributed by atoms with van der Waals surface area (Å²) in [4.78, 5) is 23.5. The molecule has 0 saturated heterocycles. The van der Waals surface area contributed by atoms with Gasteiger partial charge in [0.1, 0.15) is 5.75 Å². The molecule has 2 aromatic rings. The minimum Gasteiger partial charge on any atom is -0.484 e. The van der Waals surface area contributed by atoms with Gasteiger partial charge in [0.15, 0.2) is 6.61 Å². The van der Waals surface area contributed by atoms with Gasteiger partial charge in [0, 0.05) is 18.3 Å². The number of rotatable bonds is 7. The van der Waals surface area contributed by atoms with E-state index in [2.05, 4.69) is 16.0 Å². The smallest absolute Gasteiger partial charge is 0.319 e. The molecule has 0 bridgehead atoms. The number of amides is 3. The van der Waals surface area contributed by atoms with E-state index in [0.29, 0.717) is 18.0 Å². The van der Waals surface area contributed by atoms with Crippen molar-refractivity contribution in [2.24, 2.45) is 0 Å². The Kier molecular flexibility index (Phi) is 7.02. The highest BCUT2D eigenvalue weighted by atomic mass is 16.5. The quantitative estimate of drug-likeness (QED) is 0.713. The molecular formula is C20H25N3O3. The number of hydrogen-bond acceptors (Lipinski definition) is 3. The molecule has 0 spiro atoms. The lowest BCUT2D eigenvalue weighted by molar-refractivity contribution is -0.123. The van der Waals surface area contributed by atoms with E-state index >= 15 is 0 Å². The van der Waals surface area contributed by atoms with Crippen LogP contribution in [0.2, 0.25) is 0 Å². The summed E-state index contributed by atoms with van der Waals surface area (Å²) in [5.41, 5.74) is 2.71. The van der Waals surface area contributed by atoms with Gasteiger partial charge in [0.2, 0.25) is 0 Å². The van der Waals surface area contributed by atoms with Crippen LogP contribution in [0.15, 0.2) is 48.5 Å². The molecule has 6 nitrogen and oxygen atoms in total. The molecule has 0 heterocycles. The molecule has 0 saturated carbocycles. The summed E-state index contributed by atoms with van der Waals surface area (Å²) in [6.07, 6.45) is 0. The second-order valence-electron chi connectivity index (χ2n) is 6.33. The van der Waals surface area contributed by atoms with Crippen LogP contribution >= 0.6 is 0 Å². The van der Waals surface area contributed by atoms with Crippen molar-refractivity contribution in [3.8, 4) is 5.75 Å². The highest BCUT2D eigenvalue weighted by molar-refractivity contribution is 5.89. The lowest BCUT2D eigenvalue weighted by Gasteiger charge is -2.11. The second kappa shape index (κ2) is 9.46. The first-order valence-electron chi connectivity index (χ1n) is 8.55. The van der Waals surface area contributed by atoms with Gasteiger partial charge in [-0.2, -0.15) is 0 Å². The first-order valence-corrected chi connectivity index (χ1v) is 8.55. The van der Waals surface area contributed by atoms with Crippen molar-refractivity contribution in [2.45, 2.75) is 33.4 Å². The van der Waals surface area contributed by atoms with Crippen molar-refractivity contribution in [1.29, 1.82) is 0 Å². The number of anilines is 1. The molecule has 26 heavy (non-hydrogen) atoms. The lowest BCUT2D eigenvalue weighted by atomic mass is 10.2. The average Bonchev–Trinajstić information content (AvgIpc) is 2.58. The Balaban J connectivity index is 1.74. The van der Waals surface area contributed by atoms with E-state index in [1.54, 1.807) is 12.1 Å². The monoisotopic (exact) mass is 355 g/mol. The van der Waals surface area contributed by atoms with Crippen LogP contribution in [0.1, 0.15) is 25.0 Å². The molecule has 6 heteroatoms. The molecule has 3 N–H and O–H groups in total. The fourth-order valence-corrected chi connectivity index (χ4v) is 2.24. The summed E-state index contributed by atoms with van der Waals surface area (Å²) in [5.74, 6) is 0.486. The summed E-state index contributed by atoms with van der Waals surface area (Å²) < 4.78 is 5.47. The van der Waals surface area contributed by atoms with Crippen LogP contribution in [-0.2, 0) is 11.3 Å². The molecule has 0 radical (unpaired) electrons. The van der Waals surface area contributed by atoms with Crippen molar-refractivity contribution >= 4 is 17.6 Å². The van der Waals surface area contributed by atoms with Gasteiger partial charge in [-0.15, -0.1) is 0 Å². The van der Waals surface area contributed by atoms with E-state index < -0.39 is 0 Å².